The zero-order chi connectivity index (χ0) is 28.3. The molecule has 0 amide bonds. The van der Waals surface area contributed by atoms with E-state index in [1.54, 1.807) is 0 Å². The van der Waals surface area contributed by atoms with Crippen LogP contribution in [0.15, 0.2) is 88.5 Å². The molecule has 6 aromatic rings. The second-order valence-corrected chi connectivity index (χ2v) is 10.1. The first-order valence-corrected chi connectivity index (χ1v) is 13.8. The van der Waals surface area contributed by atoms with Crippen LogP contribution in [-0.4, -0.2) is 39.3 Å². The Morgan fingerprint density at radius 1 is 0.854 bits per heavy atom. The predicted molar refractivity (Wildman–Crippen MR) is 158 cm³/mol. The highest BCUT2D eigenvalue weighted by molar-refractivity contribution is 5.80. The SMILES string of the molecule is CCCCCc1nc2c(c(=O)n(C)c(=O)n2-c2ccccc2)n1Cc1ccc(-c2ccccc2-c2nnn[nH]2)cc1. The molecule has 6 rings (SSSR count). The Morgan fingerprint density at radius 3 is 2.29 bits per heavy atom. The van der Waals surface area contributed by atoms with E-state index in [9.17, 15) is 9.59 Å². The van der Waals surface area contributed by atoms with Crippen molar-refractivity contribution in [2.24, 2.45) is 7.05 Å². The summed E-state index contributed by atoms with van der Waals surface area (Å²) >= 11 is 0. The first-order chi connectivity index (χ1) is 20.1. The van der Waals surface area contributed by atoms with Crippen LogP contribution in [0, 0.1) is 0 Å². The maximum atomic E-state index is 13.5. The molecule has 3 heterocycles. The second kappa shape index (κ2) is 11.2. The van der Waals surface area contributed by atoms with Gasteiger partial charge in [-0.05, 0) is 45.7 Å². The van der Waals surface area contributed by atoms with Gasteiger partial charge in [0.15, 0.2) is 17.0 Å². The molecular weight excluding hydrogens is 516 g/mol. The number of aromatic nitrogens is 8. The Labute approximate surface area is 235 Å². The number of aromatic amines is 1. The van der Waals surface area contributed by atoms with E-state index in [2.05, 4.69) is 51.8 Å². The summed E-state index contributed by atoms with van der Waals surface area (Å²) in [4.78, 5) is 31.8. The van der Waals surface area contributed by atoms with Crippen molar-refractivity contribution in [3.63, 3.8) is 0 Å². The number of nitrogens with one attached hydrogen (secondary N) is 1. The molecule has 0 aliphatic rings. The number of tetrazole rings is 1. The van der Waals surface area contributed by atoms with Crippen LogP contribution in [0.2, 0.25) is 0 Å². The molecule has 0 saturated carbocycles. The van der Waals surface area contributed by atoms with Gasteiger partial charge in [0.05, 0.1) is 5.69 Å². The number of hydrogen-bond donors (Lipinski definition) is 1. The summed E-state index contributed by atoms with van der Waals surface area (Å²) in [6.07, 6.45) is 3.79. The van der Waals surface area contributed by atoms with Gasteiger partial charge in [-0.15, -0.1) is 5.10 Å². The van der Waals surface area contributed by atoms with Gasteiger partial charge in [-0.3, -0.25) is 9.36 Å². The Morgan fingerprint density at radius 2 is 1.59 bits per heavy atom. The number of aryl methyl sites for hydroxylation is 1. The van der Waals surface area contributed by atoms with E-state index in [1.807, 2.05) is 59.2 Å². The number of unbranched alkanes of at least 4 members (excludes halogenated alkanes) is 2. The highest BCUT2D eigenvalue weighted by atomic mass is 16.2. The lowest BCUT2D eigenvalue weighted by molar-refractivity contribution is 0.657. The van der Waals surface area contributed by atoms with Crippen LogP contribution in [0.25, 0.3) is 39.4 Å². The number of para-hydroxylation sites is 1. The van der Waals surface area contributed by atoms with E-state index in [4.69, 9.17) is 4.98 Å². The van der Waals surface area contributed by atoms with Crippen LogP contribution in [0.5, 0.6) is 0 Å². The summed E-state index contributed by atoms with van der Waals surface area (Å²) in [5.74, 6) is 1.40. The summed E-state index contributed by atoms with van der Waals surface area (Å²) in [5.41, 5.74) is 4.68. The molecule has 0 aliphatic carbocycles. The largest absolute Gasteiger partial charge is 0.337 e. The van der Waals surface area contributed by atoms with Gasteiger partial charge in [-0.1, -0.05) is 86.5 Å². The fraction of sp³-hybridized carbons (Fsp3) is 0.226. The van der Waals surface area contributed by atoms with Crippen LogP contribution in [0.3, 0.4) is 0 Å². The van der Waals surface area contributed by atoms with Crippen molar-refractivity contribution < 1.29 is 0 Å². The molecule has 41 heavy (non-hydrogen) atoms. The third-order valence-electron chi connectivity index (χ3n) is 7.38. The lowest BCUT2D eigenvalue weighted by Crippen LogP contribution is -2.38. The normalized spacial score (nSPS) is 11.4. The summed E-state index contributed by atoms with van der Waals surface area (Å²) in [5, 5.41) is 14.3. The van der Waals surface area contributed by atoms with Gasteiger partial charge in [0.2, 0.25) is 0 Å². The topological polar surface area (TPSA) is 116 Å². The minimum absolute atomic E-state index is 0.349. The lowest BCUT2D eigenvalue weighted by Gasteiger charge is -2.12. The smallest absolute Gasteiger partial charge is 0.318 e. The van der Waals surface area contributed by atoms with Gasteiger partial charge in [0.25, 0.3) is 5.56 Å². The number of H-pyrrole nitrogens is 1. The van der Waals surface area contributed by atoms with Crippen molar-refractivity contribution in [3.8, 4) is 28.2 Å². The van der Waals surface area contributed by atoms with E-state index in [0.717, 1.165) is 47.3 Å². The highest BCUT2D eigenvalue weighted by Crippen LogP contribution is 2.30. The molecule has 10 heteroatoms. The average Bonchev–Trinajstić information content (AvgIpc) is 3.66. The zero-order valence-corrected chi connectivity index (χ0v) is 23.0. The number of rotatable bonds is 9. The van der Waals surface area contributed by atoms with Gasteiger partial charge in [0.1, 0.15) is 5.82 Å². The van der Waals surface area contributed by atoms with Gasteiger partial charge < -0.3 is 4.57 Å². The number of nitrogens with zero attached hydrogens (tertiary/aromatic N) is 7. The number of benzene rings is 3. The molecule has 0 spiro atoms. The fourth-order valence-corrected chi connectivity index (χ4v) is 5.23. The van der Waals surface area contributed by atoms with Gasteiger partial charge in [-0.2, -0.15) is 0 Å². The van der Waals surface area contributed by atoms with Crippen molar-refractivity contribution >= 4 is 11.2 Å². The van der Waals surface area contributed by atoms with Crippen LogP contribution in [0.4, 0.5) is 0 Å². The van der Waals surface area contributed by atoms with E-state index in [0.29, 0.717) is 35.6 Å². The summed E-state index contributed by atoms with van der Waals surface area (Å²) in [6.45, 7) is 2.61. The summed E-state index contributed by atoms with van der Waals surface area (Å²) in [6, 6.07) is 25.5. The molecule has 0 radical (unpaired) electrons. The first kappa shape index (κ1) is 26.1. The Bertz CT molecular complexity index is 1920. The molecule has 206 valence electrons. The zero-order valence-electron chi connectivity index (χ0n) is 23.0. The van der Waals surface area contributed by atoms with Gasteiger partial charge in [-0.25, -0.2) is 19.4 Å². The standard InChI is InChI=1S/C31H30N8O2/c1-3-4-6-15-26-32-29-27(30(40)37(2)31(41)39(29)23-11-7-5-8-12-23)38(26)20-21-16-18-22(19-17-21)24-13-9-10-14-25(24)28-33-35-36-34-28/h5,7-14,16-19H,3-4,6,15,20H2,1-2H3,(H,33,34,35,36). The third kappa shape index (κ3) is 4.88. The molecule has 10 nitrogen and oxygen atoms in total. The maximum absolute atomic E-state index is 13.5. The van der Waals surface area contributed by atoms with Crippen LogP contribution in [0.1, 0.15) is 37.6 Å². The molecule has 0 unspecified atom stereocenters. The first-order valence-electron chi connectivity index (χ1n) is 13.8. The Hall–Kier alpha value is -5.12. The van der Waals surface area contributed by atoms with Crippen LogP contribution < -0.4 is 11.2 Å². The van der Waals surface area contributed by atoms with Gasteiger partial charge in [0, 0.05) is 25.6 Å². The van der Waals surface area contributed by atoms with Crippen molar-refractivity contribution in [3.05, 3.63) is 111 Å². The van der Waals surface area contributed by atoms with E-state index >= 15 is 0 Å². The predicted octanol–water partition coefficient (Wildman–Crippen LogP) is 4.51. The molecule has 0 atom stereocenters. The molecule has 1 N–H and O–H groups in total. The second-order valence-electron chi connectivity index (χ2n) is 10.1. The number of fused-ring (bicyclic) bond motifs is 1. The molecule has 0 bridgehead atoms. The average molecular weight is 547 g/mol. The molecule has 0 saturated heterocycles. The molecule has 0 fully saturated rings. The maximum Gasteiger partial charge on any atom is 0.337 e. The summed E-state index contributed by atoms with van der Waals surface area (Å²) < 4.78 is 4.69. The Balaban J connectivity index is 1.44. The van der Waals surface area contributed by atoms with Crippen molar-refractivity contribution in [1.82, 2.24) is 39.3 Å². The molecule has 3 aromatic carbocycles. The van der Waals surface area contributed by atoms with Crippen molar-refractivity contribution in [1.29, 1.82) is 0 Å². The molecule has 3 aromatic heterocycles. The van der Waals surface area contributed by atoms with Gasteiger partial charge >= 0.3 is 5.69 Å². The van der Waals surface area contributed by atoms with Crippen molar-refractivity contribution in [2.75, 3.05) is 0 Å². The van der Waals surface area contributed by atoms with Crippen LogP contribution >= 0.6 is 0 Å². The monoisotopic (exact) mass is 546 g/mol. The minimum Gasteiger partial charge on any atom is -0.318 e. The van der Waals surface area contributed by atoms with Crippen LogP contribution in [-0.2, 0) is 20.0 Å². The van der Waals surface area contributed by atoms with Crippen molar-refractivity contribution in [2.45, 2.75) is 39.2 Å². The number of hydrogen-bond acceptors (Lipinski definition) is 6. The summed E-state index contributed by atoms with van der Waals surface area (Å²) in [7, 11) is 1.52. The third-order valence-corrected chi connectivity index (χ3v) is 7.38. The minimum atomic E-state index is -0.413. The number of imidazole rings is 1. The quantitative estimate of drug-likeness (QED) is 0.267. The lowest BCUT2D eigenvalue weighted by atomic mass is 9.98. The van der Waals surface area contributed by atoms with E-state index in [-0.39, 0.29) is 5.56 Å². The molecule has 0 aliphatic heterocycles. The fourth-order valence-electron chi connectivity index (χ4n) is 5.23. The molecular formula is C31H30N8O2. The Kier molecular flexibility index (Phi) is 7.11. The highest BCUT2D eigenvalue weighted by Gasteiger charge is 2.21. The van der Waals surface area contributed by atoms with E-state index < -0.39 is 5.69 Å². The van der Waals surface area contributed by atoms with E-state index in [1.165, 1.54) is 16.2 Å².